The molecule has 0 bridgehead atoms. The Morgan fingerprint density at radius 1 is 1.45 bits per heavy atom. The normalized spacial score (nSPS) is 26.9. The third-order valence-corrected chi connectivity index (χ3v) is 5.01. The van der Waals surface area contributed by atoms with Gasteiger partial charge in [-0.25, -0.2) is 9.78 Å². The predicted octanol–water partition coefficient (Wildman–Crippen LogP) is 1.17. The highest BCUT2D eigenvalue weighted by Crippen LogP contribution is 2.48. The summed E-state index contributed by atoms with van der Waals surface area (Å²) >= 11 is 0. The molecule has 0 spiro atoms. The fourth-order valence-electron chi connectivity index (χ4n) is 3.78. The smallest absolute Gasteiger partial charge is 0.317 e. The van der Waals surface area contributed by atoms with E-state index in [-0.39, 0.29) is 11.9 Å². The van der Waals surface area contributed by atoms with E-state index in [0.29, 0.717) is 26.1 Å². The van der Waals surface area contributed by atoms with E-state index in [1.807, 2.05) is 10.8 Å². The van der Waals surface area contributed by atoms with Crippen LogP contribution in [-0.4, -0.2) is 51.2 Å². The average Bonchev–Trinajstić information content (AvgIpc) is 3.17. The second-order valence-corrected chi connectivity index (χ2v) is 6.32. The van der Waals surface area contributed by atoms with Gasteiger partial charge in [-0.05, 0) is 25.2 Å². The van der Waals surface area contributed by atoms with Crippen molar-refractivity contribution in [2.24, 2.45) is 11.3 Å². The van der Waals surface area contributed by atoms with E-state index in [4.69, 9.17) is 0 Å². The zero-order valence-electron chi connectivity index (χ0n) is 12.6. The number of fused-ring (bicyclic) bond motifs is 1. The van der Waals surface area contributed by atoms with Crippen LogP contribution in [0.2, 0.25) is 0 Å². The molecule has 0 unspecified atom stereocenters. The van der Waals surface area contributed by atoms with Crippen molar-refractivity contribution < 1.29 is 14.7 Å². The maximum atomic E-state index is 12.2. The van der Waals surface area contributed by atoms with Crippen molar-refractivity contribution in [1.82, 2.24) is 19.8 Å². The molecule has 2 atom stereocenters. The first-order valence-electron chi connectivity index (χ1n) is 7.84. The van der Waals surface area contributed by atoms with Gasteiger partial charge in [-0.2, -0.15) is 0 Å². The molecule has 120 valence electrons. The summed E-state index contributed by atoms with van der Waals surface area (Å²) in [5.74, 6) is -0.632. The number of likely N-dealkylation sites (tertiary alicyclic amines) is 1. The molecule has 0 radical (unpaired) electrons. The number of carboxylic acid groups (broad SMARTS) is 1. The average molecular weight is 306 g/mol. The molecule has 2 heterocycles. The van der Waals surface area contributed by atoms with Crippen LogP contribution in [0.4, 0.5) is 4.79 Å². The molecule has 3 rings (SSSR count). The molecule has 1 aromatic heterocycles. The number of imidazole rings is 1. The van der Waals surface area contributed by atoms with E-state index >= 15 is 0 Å². The lowest BCUT2D eigenvalue weighted by Gasteiger charge is -2.23. The van der Waals surface area contributed by atoms with E-state index in [1.165, 1.54) is 0 Å². The molecule has 1 aliphatic carbocycles. The summed E-state index contributed by atoms with van der Waals surface area (Å²) in [5, 5.41) is 12.4. The Kier molecular flexibility index (Phi) is 4.04. The van der Waals surface area contributed by atoms with Crippen LogP contribution in [0.3, 0.4) is 0 Å². The largest absolute Gasteiger partial charge is 0.481 e. The van der Waals surface area contributed by atoms with Gasteiger partial charge in [0.15, 0.2) is 0 Å². The molecule has 1 saturated carbocycles. The van der Waals surface area contributed by atoms with Crippen LogP contribution in [0.1, 0.15) is 25.7 Å². The van der Waals surface area contributed by atoms with Crippen molar-refractivity contribution in [1.29, 1.82) is 0 Å². The van der Waals surface area contributed by atoms with Gasteiger partial charge in [-0.3, -0.25) is 4.79 Å². The van der Waals surface area contributed by atoms with Gasteiger partial charge in [0.1, 0.15) is 0 Å². The highest BCUT2D eigenvalue weighted by Gasteiger charge is 2.55. The van der Waals surface area contributed by atoms with Gasteiger partial charge >= 0.3 is 12.0 Å². The van der Waals surface area contributed by atoms with Gasteiger partial charge in [-0.15, -0.1) is 0 Å². The van der Waals surface area contributed by atoms with Crippen molar-refractivity contribution in [3.63, 3.8) is 0 Å². The van der Waals surface area contributed by atoms with E-state index < -0.39 is 11.4 Å². The zero-order chi connectivity index (χ0) is 15.6. The minimum Gasteiger partial charge on any atom is -0.481 e. The number of aromatic nitrogens is 2. The van der Waals surface area contributed by atoms with Crippen LogP contribution in [-0.2, 0) is 11.3 Å². The number of nitrogens with one attached hydrogen (secondary N) is 1. The van der Waals surface area contributed by atoms with Crippen LogP contribution < -0.4 is 5.32 Å². The Bertz CT molecular complexity index is 545. The number of nitrogens with zero attached hydrogens (tertiary/aromatic N) is 3. The molecule has 2 N–H and O–H groups in total. The minimum absolute atomic E-state index is 0.113. The number of urea groups is 1. The van der Waals surface area contributed by atoms with E-state index in [2.05, 4.69) is 10.3 Å². The highest BCUT2D eigenvalue weighted by atomic mass is 16.4. The molecule has 1 saturated heterocycles. The lowest BCUT2D eigenvalue weighted by atomic mass is 9.81. The summed E-state index contributed by atoms with van der Waals surface area (Å²) in [5.41, 5.74) is -0.700. The topological polar surface area (TPSA) is 87.5 Å². The number of carboxylic acids is 1. The second-order valence-electron chi connectivity index (χ2n) is 6.32. The van der Waals surface area contributed by atoms with Crippen molar-refractivity contribution in [2.45, 2.75) is 32.2 Å². The van der Waals surface area contributed by atoms with Gasteiger partial charge in [0.2, 0.25) is 0 Å². The van der Waals surface area contributed by atoms with E-state index in [1.54, 1.807) is 17.4 Å². The van der Waals surface area contributed by atoms with Crippen LogP contribution in [0.15, 0.2) is 18.7 Å². The Morgan fingerprint density at radius 3 is 3.00 bits per heavy atom. The van der Waals surface area contributed by atoms with E-state index in [9.17, 15) is 14.7 Å². The third-order valence-electron chi connectivity index (χ3n) is 5.01. The van der Waals surface area contributed by atoms with E-state index in [0.717, 1.165) is 25.8 Å². The molecule has 1 aliphatic heterocycles. The molecule has 1 aromatic rings. The van der Waals surface area contributed by atoms with Crippen molar-refractivity contribution >= 4 is 12.0 Å². The van der Waals surface area contributed by atoms with Crippen LogP contribution in [0.5, 0.6) is 0 Å². The molecule has 7 nitrogen and oxygen atoms in total. The Hall–Kier alpha value is -2.05. The quantitative estimate of drug-likeness (QED) is 0.799. The molecule has 7 heteroatoms. The van der Waals surface area contributed by atoms with Gasteiger partial charge in [-0.1, -0.05) is 6.42 Å². The number of amides is 2. The highest BCUT2D eigenvalue weighted by molar-refractivity contribution is 5.80. The number of hydrogen-bond donors (Lipinski definition) is 2. The van der Waals surface area contributed by atoms with Crippen molar-refractivity contribution in [3.8, 4) is 0 Å². The van der Waals surface area contributed by atoms with Crippen molar-refractivity contribution in [2.75, 3.05) is 19.6 Å². The van der Waals surface area contributed by atoms with Gasteiger partial charge < -0.3 is 19.9 Å². The maximum absolute atomic E-state index is 12.2. The molecule has 2 fully saturated rings. The van der Waals surface area contributed by atoms with Gasteiger partial charge in [0.25, 0.3) is 0 Å². The first-order chi connectivity index (χ1) is 10.6. The lowest BCUT2D eigenvalue weighted by molar-refractivity contribution is -0.149. The Labute approximate surface area is 129 Å². The SMILES string of the molecule is O=C(NCCCn1ccnc1)N1C[C@@H]2CCC[C@@]2(C(=O)O)C1. The molecular formula is C15H22N4O3. The summed E-state index contributed by atoms with van der Waals surface area (Å²) in [4.78, 5) is 29.4. The fourth-order valence-corrected chi connectivity index (χ4v) is 3.78. The number of carbonyl (C=O) groups excluding carboxylic acids is 1. The number of hydrogen-bond acceptors (Lipinski definition) is 3. The summed E-state index contributed by atoms with van der Waals surface area (Å²) < 4.78 is 1.96. The summed E-state index contributed by atoms with van der Waals surface area (Å²) in [7, 11) is 0. The molecule has 0 aromatic carbocycles. The minimum atomic E-state index is -0.745. The maximum Gasteiger partial charge on any atom is 0.317 e. The van der Waals surface area contributed by atoms with Gasteiger partial charge in [0, 0.05) is 38.6 Å². The molecule has 22 heavy (non-hydrogen) atoms. The number of aliphatic carboxylic acids is 1. The predicted molar refractivity (Wildman–Crippen MR) is 79.2 cm³/mol. The van der Waals surface area contributed by atoms with Crippen LogP contribution in [0.25, 0.3) is 0 Å². The first-order valence-corrected chi connectivity index (χ1v) is 7.84. The first kappa shape index (κ1) is 14.9. The summed E-state index contributed by atoms with van der Waals surface area (Å²) in [6.07, 6.45) is 8.75. The number of aryl methyl sites for hydroxylation is 1. The summed E-state index contributed by atoms with van der Waals surface area (Å²) in [6, 6.07) is -0.138. The molecular weight excluding hydrogens is 284 g/mol. The van der Waals surface area contributed by atoms with Crippen molar-refractivity contribution in [3.05, 3.63) is 18.7 Å². The third kappa shape index (κ3) is 2.67. The van der Waals surface area contributed by atoms with Crippen LogP contribution in [0, 0.1) is 11.3 Å². The number of rotatable bonds is 5. The lowest BCUT2D eigenvalue weighted by Crippen LogP contribution is -2.42. The standard InChI is InChI=1S/C15H22N4O3/c20-13(21)15-4-1-3-12(15)9-19(10-15)14(22)17-5-2-7-18-8-6-16-11-18/h6,8,11-12H,1-5,7,9-10H2,(H,17,22)(H,20,21)/t12-,15+/m0/s1. The summed E-state index contributed by atoms with van der Waals surface area (Å²) in [6.45, 7) is 2.31. The monoisotopic (exact) mass is 306 g/mol. The number of carbonyl (C=O) groups is 2. The van der Waals surface area contributed by atoms with Crippen LogP contribution >= 0.6 is 0 Å². The molecule has 2 aliphatic rings. The Morgan fingerprint density at radius 2 is 2.32 bits per heavy atom. The zero-order valence-corrected chi connectivity index (χ0v) is 12.6. The molecule has 2 amide bonds. The van der Waals surface area contributed by atoms with Gasteiger partial charge in [0.05, 0.1) is 11.7 Å². The fraction of sp³-hybridized carbons (Fsp3) is 0.667. The second kappa shape index (κ2) is 5.98. The Balaban J connectivity index is 1.46.